The van der Waals surface area contributed by atoms with E-state index in [-0.39, 0.29) is 23.4 Å². The summed E-state index contributed by atoms with van der Waals surface area (Å²) in [5.41, 5.74) is 1.53. The molecule has 0 aliphatic carbocycles. The van der Waals surface area contributed by atoms with Crippen LogP contribution < -0.4 is 5.32 Å². The molecule has 1 aromatic heterocycles. The fraction of sp³-hybridized carbons (Fsp3) is 0.421. The zero-order valence-electron chi connectivity index (χ0n) is 16.5. The summed E-state index contributed by atoms with van der Waals surface area (Å²) < 4.78 is 0. The number of hydrazine groups is 1. The fourth-order valence-corrected chi connectivity index (χ4v) is 3.74. The molecule has 3 rings (SSSR count). The third-order valence-electron chi connectivity index (χ3n) is 4.41. The van der Waals surface area contributed by atoms with Crippen LogP contribution in [0.4, 0.5) is 0 Å². The summed E-state index contributed by atoms with van der Waals surface area (Å²) in [6.45, 7) is 4.17. The topological polar surface area (TPSA) is 100 Å². The number of amides is 3. The molecular weight excluding hydrogens is 392 g/mol. The van der Waals surface area contributed by atoms with Crippen molar-refractivity contribution in [1.29, 1.82) is 0 Å². The molecule has 0 bridgehead atoms. The highest BCUT2D eigenvalue weighted by atomic mass is 32.2. The van der Waals surface area contributed by atoms with Gasteiger partial charge in [-0.05, 0) is 25.5 Å². The zero-order chi connectivity index (χ0) is 20.8. The third kappa shape index (κ3) is 5.14. The SMILES string of the molecule is CC(=O)NCSCCC(=O)N1CCCN1C(=O)c1nn(-c2ccccc2)nc1C. The van der Waals surface area contributed by atoms with E-state index in [0.29, 0.717) is 36.8 Å². The Labute approximate surface area is 173 Å². The highest BCUT2D eigenvalue weighted by molar-refractivity contribution is 7.99. The monoisotopic (exact) mass is 416 g/mol. The van der Waals surface area contributed by atoms with Gasteiger partial charge in [-0.15, -0.1) is 16.9 Å². The minimum absolute atomic E-state index is 0.0981. The Kier molecular flexibility index (Phi) is 6.86. The number of hydrogen-bond acceptors (Lipinski definition) is 6. The summed E-state index contributed by atoms with van der Waals surface area (Å²) >= 11 is 1.47. The van der Waals surface area contributed by atoms with Crippen LogP contribution >= 0.6 is 11.8 Å². The van der Waals surface area contributed by atoms with E-state index < -0.39 is 0 Å². The molecule has 154 valence electrons. The van der Waals surface area contributed by atoms with Gasteiger partial charge < -0.3 is 5.32 Å². The molecule has 10 heteroatoms. The van der Waals surface area contributed by atoms with Crippen molar-refractivity contribution < 1.29 is 14.4 Å². The molecule has 1 aromatic carbocycles. The molecule has 9 nitrogen and oxygen atoms in total. The van der Waals surface area contributed by atoms with Gasteiger partial charge in [-0.3, -0.25) is 19.4 Å². The van der Waals surface area contributed by atoms with Crippen molar-refractivity contribution in [3.63, 3.8) is 0 Å². The van der Waals surface area contributed by atoms with E-state index in [2.05, 4.69) is 15.5 Å². The van der Waals surface area contributed by atoms with E-state index in [1.165, 1.54) is 33.5 Å². The first-order chi connectivity index (χ1) is 14.0. The predicted octanol–water partition coefficient (Wildman–Crippen LogP) is 1.38. The quantitative estimate of drug-likeness (QED) is 0.541. The number of thioether (sulfide) groups is 1. The number of carbonyl (C=O) groups excluding carboxylic acids is 3. The molecule has 0 saturated carbocycles. The molecule has 0 radical (unpaired) electrons. The number of hydrogen-bond donors (Lipinski definition) is 1. The number of benzene rings is 1. The first-order valence-electron chi connectivity index (χ1n) is 9.41. The second kappa shape index (κ2) is 9.55. The maximum absolute atomic E-state index is 13.0. The predicted molar refractivity (Wildman–Crippen MR) is 109 cm³/mol. The molecule has 29 heavy (non-hydrogen) atoms. The zero-order valence-corrected chi connectivity index (χ0v) is 17.3. The number of aromatic nitrogens is 3. The van der Waals surface area contributed by atoms with Gasteiger partial charge in [-0.2, -0.15) is 9.90 Å². The summed E-state index contributed by atoms with van der Waals surface area (Å²) in [5, 5.41) is 14.3. The van der Waals surface area contributed by atoms with Gasteiger partial charge in [-0.1, -0.05) is 18.2 Å². The van der Waals surface area contributed by atoms with E-state index in [9.17, 15) is 14.4 Å². The lowest BCUT2D eigenvalue weighted by atomic mass is 10.3. The van der Waals surface area contributed by atoms with Gasteiger partial charge in [0.2, 0.25) is 11.8 Å². The average Bonchev–Trinajstić information content (AvgIpc) is 3.34. The van der Waals surface area contributed by atoms with Crippen LogP contribution in [0.1, 0.15) is 35.9 Å². The highest BCUT2D eigenvalue weighted by Crippen LogP contribution is 2.18. The van der Waals surface area contributed by atoms with Crippen LogP contribution in [0.2, 0.25) is 0 Å². The van der Waals surface area contributed by atoms with Crippen molar-refractivity contribution >= 4 is 29.5 Å². The summed E-state index contributed by atoms with van der Waals surface area (Å²) in [6.07, 6.45) is 1.02. The van der Waals surface area contributed by atoms with Crippen molar-refractivity contribution in [3.05, 3.63) is 41.7 Å². The van der Waals surface area contributed by atoms with Crippen LogP contribution in [0.25, 0.3) is 5.69 Å². The van der Waals surface area contributed by atoms with Crippen molar-refractivity contribution in [3.8, 4) is 5.69 Å². The van der Waals surface area contributed by atoms with E-state index in [1.807, 2.05) is 30.3 Å². The summed E-state index contributed by atoms with van der Waals surface area (Å²) in [4.78, 5) is 37.9. The smallest absolute Gasteiger partial charge is 0.294 e. The molecule has 0 spiro atoms. The molecule has 1 aliphatic heterocycles. The second-order valence-corrected chi connectivity index (χ2v) is 7.70. The van der Waals surface area contributed by atoms with E-state index in [1.54, 1.807) is 6.92 Å². The summed E-state index contributed by atoms with van der Waals surface area (Å²) in [6, 6.07) is 9.37. The number of rotatable bonds is 7. The minimum atomic E-state index is -0.318. The van der Waals surface area contributed by atoms with E-state index in [4.69, 9.17) is 0 Å². The molecule has 2 heterocycles. The number of nitrogens with zero attached hydrogens (tertiary/aromatic N) is 5. The maximum atomic E-state index is 13.0. The standard InChI is InChI=1S/C19H24N6O3S/c1-14-18(22-25(21-14)16-7-4-3-5-8-16)19(28)24-11-6-10-23(24)17(27)9-12-29-13-20-15(2)26/h3-5,7-8H,6,9-13H2,1-2H3,(H,20,26). The molecule has 2 aromatic rings. The van der Waals surface area contributed by atoms with Gasteiger partial charge in [0.05, 0.1) is 17.3 Å². The maximum Gasteiger partial charge on any atom is 0.294 e. The normalized spacial score (nSPS) is 13.6. The molecule has 0 unspecified atom stereocenters. The summed E-state index contributed by atoms with van der Waals surface area (Å²) in [7, 11) is 0. The Morgan fingerprint density at radius 2 is 1.83 bits per heavy atom. The molecular formula is C19H24N6O3S. The Bertz CT molecular complexity index is 885. The van der Waals surface area contributed by atoms with Gasteiger partial charge in [0.15, 0.2) is 5.69 Å². The van der Waals surface area contributed by atoms with Crippen molar-refractivity contribution in [2.45, 2.75) is 26.7 Å². The van der Waals surface area contributed by atoms with Crippen LogP contribution in [0.3, 0.4) is 0 Å². The van der Waals surface area contributed by atoms with Crippen molar-refractivity contribution in [1.82, 2.24) is 30.3 Å². The number of para-hydroxylation sites is 1. The lowest BCUT2D eigenvalue weighted by Crippen LogP contribution is -2.45. The average molecular weight is 417 g/mol. The number of nitrogens with one attached hydrogen (secondary N) is 1. The largest absolute Gasteiger partial charge is 0.347 e. The van der Waals surface area contributed by atoms with Crippen LogP contribution in [0, 0.1) is 6.92 Å². The second-order valence-electron chi connectivity index (χ2n) is 6.59. The Hall–Kier alpha value is -2.88. The number of aryl methyl sites for hydroxylation is 1. The third-order valence-corrected chi connectivity index (χ3v) is 5.25. The van der Waals surface area contributed by atoms with Gasteiger partial charge in [0.1, 0.15) is 0 Å². The Balaban J connectivity index is 1.63. The fourth-order valence-electron chi connectivity index (χ4n) is 2.97. The van der Waals surface area contributed by atoms with Crippen LogP contribution in [0.5, 0.6) is 0 Å². The van der Waals surface area contributed by atoms with Gasteiger partial charge in [-0.25, -0.2) is 5.01 Å². The molecule has 1 fully saturated rings. The van der Waals surface area contributed by atoms with Crippen LogP contribution in [0.15, 0.2) is 30.3 Å². The minimum Gasteiger partial charge on any atom is -0.347 e. The van der Waals surface area contributed by atoms with E-state index in [0.717, 1.165) is 12.1 Å². The summed E-state index contributed by atoms with van der Waals surface area (Å²) in [5.74, 6) is 0.508. The van der Waals surface area contributed by atoms with Gasteiger partial charge in [0.25, 0.3) is 5.91 Å². The van der Waals surface area contributed by atoms with Crippen molar-refractivity contribution in [2.24, 2.45) is 0 Å². The molecule has 1 N–H and O–H groups in total. The van der Waals surface area contributed by atoms with E-state index >= 15 is 0 Å². The Morgan fingerprint density at radius 3 is 2.55 bits per heavy atom. The first-order valence-corrected chi connectivity index (χ1v) is 10.6. The number of carbonyl (C=O) groups is 3. The molecule has 1 aliphatic rings. The van der Waals surface area contributed by atoms with Crippen molar-refractivity contribution in [2.75, 3.05) is 24.7 Å². The van der Waals surface area contributed by atoms with Gasteiger partial charge in [0, 0.05) is 32.2 Å². The molecule has 1 saturated heterocycles. The van der Waals surface area contributed by atoms with Crippen LogP contribution in [-0.4, -0.2) is 67.5 Å². The lowest BCUT2D eigenvalue weighted by molar-refractivity contribution is -0.140. The first kappa shape index (κ1) is 20.8. The van der Waals surface area contributed by atoms with Gasteiger partial charge >= 0.3 is 0 Å². The Morgan fingerprint density at radius 1 is 1.10 bits per heavy atom. The molecule has 0 atom stereocenters. The highest BCUT2D eigenvalue weighted by Gasteiger charge is 2.33. The molecule has 3 amide bonds. The lowest BCUT2D eigenvalue weighted by Gasteiger charge is -2.27. The van der Waals surface area contributed by atoms with Crippen LogP contribution in [-0.2, 0) is 9.59 Å².